The molecule has 5 nitrogen and oxygen atoms in total. The number of hydrogen-bond donors (Lipinski definition) is 2. The van der Waals surface area contributed by atoms with E-state index in [1.807, 2.05) is 6.92 Å². The molecular weight excluding hydrogens is 309 g/mol. The van der Waals surface area contributed by atoms with Crippen molar-refractivity contribution in [3.05, 3.63) is 17.5 Å². The molecule has 1 saturated carbocycles. The number of aromatic nitrogens is 2. The molecule has 3 unspecified atom stereocenters. The van der Waals surface area contributed by atoms with Crippen LogP contribution in [0.5, 0.6) is 0 Å². The van der Waals surface area contributed by atoms with E-state index in [1.54, 1.807) is 24.9 Å². The summed E-state index contributed by atoms with van der Waals surface area (Å²) >= 11 is 0. The smallest absolute Gasteiger partial charge is 0.335 e. The third-order valence-corrected chi connectivity index (χ3v) is 4.37. The van der Waals surface area contributed by atoms with Crippen LogP contribution in [-0.2, 0) is 7.05 Å². The molecule has 0 bridgehead atoms. The minimum atomic E-state index is -4.27. The first-order chi connectivity index (χ1) is 10.7. The summed E-state index contributed by atoms with van der Waals surface area (Å²) in [7, 11) is 1.78. The summed E-state index contributed by atoms with van der Waals surface area (Å²) in [6.45, 7) is 3.61. The highest BCUT2D eigenvalue weighted by Gasteiger charge is 2.46. The maximum atomic E-state index is 13.0. The second-order valence-corrected chi connectivity index (χ2v) is 6.22. The number of aryl methyl sites for hydroxylation is 2. The van der Waals surface area contributed by atoms with Crippen LogP contribution in [0.3, 0.4) is 0 Å². The average molecular weight is 332 g/mol. The highest BCUT2D eigenvalue weighted by Crippen LogP contribution is 2.37. The number of rotatable bonds is 3. The van der Waals surface area contributed by atoms with Gasteiger partial charge >= 0.3 is 12.2 Å². The second kappa shape index (κ2) is 6.80. The lowest BCUT2D eigenvalue weighted by atomic mass is 9.84. The predicted molar refractivity (Wildman–Crippen MR) is 79.8 cm³/mol. The van der Waals surface area contributed by atoms with E-state index >= 15 is 0 Å². The molecule has 1 aromatic heterocycles. The van der Waals surface area contributed by atoms with E-state index in [4.69, 9.17) is 0 Å². The first-order valence-corrected chi connectivity index (χ1v) is 7.82. The number of carbonyl (C=O) groups excluding carboxylic acids is 1. The molecule has 1 heterocycles. The normalized spacial score (nSPS) is 23.4. The first kappa shape index (κ1) is 17.6. The first-order valence-electron chi connectivity index (χ1n) is 7.82. The van der Waals surface area contributed by atoms with Crippen LogP contribution in [0, 0.1) is 12.8 Å². The van der Waals surface area contributed by atoms with E-state index in [0.29, 0.717) is 19.3 Å². The van der Waals surface area contributed by atoms with Gasteiger partial charge in [-0.05, 0) is 26.7 Å². The summed E-state index contributed by atoms with van der Waals surface area (Å²) in [5.41, 5.74) is 1.63. The fourth-order valence-corrected chi connectivity index (χ4v) is 3.22. The largest absolute Gasteiger partial charge is 0.393 e. The van der Waals surface area contributed by atoms with Crippen molar-refractivity contribution in [1.82, 2.24) is 20.4 Å². The zero-order chi connectivity index (χ0) is 17.2. The standard InChI is InChI=1S/C15H23F3N4O/c1-9(11-8-22(3)21-10(11)2)19-14(23)20-13-7-5-4-6-12(13)15(16,17)18/h8-9,12-13H,4-7H2,1-3H3,(H2,19,20,23). The maximum absolute atomic E-state index is 13.0. The summed E-state index contributed by atoms with van der Waals surface area (Å²) in [6.07, 6.45) is -0.795. The molecule has 1 aromatic rings. The molecule has 0 aliphatic heterocycles. The van der Waals surface area contributed by atoms with Gasteiger partial charge in [-0.15, -0.1) is 0 Å². The maximum Gasteiger partial charge on any atom is 0.393 e. The molecule has 1 fully saturated rings. The summed E-state index contributed by atoms with van der Waals surface area (Å²) in [6, 6.07) is -1.75. The molecule has 2 amide bonds. The number of nitrogens with one attached hydrogen (secondary N) is 2. The topological polar surface area (TPSA) is 59.0 Å². The lowest BCUT2D eigenvalue weighted by Crippen LogP contribution is -2.51. The van der Waals surface area contributed by atoms with Gasteiger partial charge in [-0.2, -0.15) is 18.3 Å². The lowest BCUT2D eigenvalue weighted by Gasteiger charge is -2.33. The van der Waals surface area contributed by atoms with Crippen molar-refractivity contribution < 1.29 is 18.0 Å². The molecule has 1 aliphatic carbocycles. The van der Waals surface area contributed by atoms with E-state index < -0.39 is 24.2 Å². The minimum Gasteiger partial charge on any atom is -0.335 e. The Morgan fingerprint density at radius 3 is 2.61 bits per heavy atom. The highest BCUT2D eigenvalue weighted by molar-refractivity contribution is 5.74. The molecule has 8 heteroatoms. The van der Waals surface area contributed by atoms with Crippen LogP contribution >= 0.6 is 0 Å². The van der Waals surface area contributed by atoms with Gasteiger partial charge in [0.1, 0.15) is 0 Å². The van der Waals surface area contributed by atoms with Crippen molar-refractivity contribution in [3.8, 4) is 0 Å². The molecule has 1 aliphatic rings. The number of carbonyl (C=O) groups is 1. The number of halogens is 3. The molecule has 130 valence electrons. The lowest BCUT2D eigenvalue weighted by molar-refractivity contribution is -0.187. The van der Waals surface area contributed by atoms with E-state index in [2.05, 4.69) is 15.7 Å². The Labute approximate surface area is 133 Å². The molecule has 0 saturated heterocycles. The van der Waals surface area contributed by atoms with Crippen LogP contribution in [0.25, 0.3) is 0 Å². The zero-order valence-electron chi connectivity index (χ0n) is 13.6. The van der Waals surface area contributed by atoms with E-state index in [1.165, 1.54) is 0 Å². The van der Waals surface area contributed by atoms with Crippen molar-refractivity contribution in [1.29, 1.82) is 0 Å². The van der Waals surface area contributed by atoms with Crippen molar-refractivity contribution in [2.45, 2.75) is 57.8 Å². The molecule has 0 spiro atoms. The second-order valence-electron chi connectivity index (χ2n) is 6.22. The van der Waals surface area contributed by atoms with Gasteiger partial charge in [0, 0.05) is 24.8 Å². The number of alkyl halides is 3. The van der Waals surface area contributed by atoms with Crippen molar-refractivity contribution in [2.75, 3.05) is 0 Å². The third-order valence-electron chi connectivity index (χ3n) is 4.37. The fourth-order valence-electron chi connectivity index (χ4n) is 3.22. The van der Waals surface area contributed by atoms with E-state index in [0.717, 1.165) is 11.3 Å². The molecule has 3 atom stereocenters. The molecule has 0 radical (unpaired) electrons. The zero-order valence-corrected chi connectivity index (χ0v) is 13.6. The highest BCUT2D eigenvalue weighted by atomic mass is 19.4. The number of amides is 2. The van der Waals surface area contributed by atoms with Crippen LogP contribution in [-0.4, -0.2) is 28.0 Å². The summed E-state index contributed by atoms with van der Waals surface area (Å²) in [5, 5.41) is 9.40. The van der Waals surface area contributed by atoms with Gasteiger partial charge in [0.2, 0.25) is 0 Å². The molecule has 2 N–H and O–H groups in total. The monoisotopic (exact) mass is 332 g/mol. The van der Waals surface area contributed by atoms with Gasteiger partial charge in [-0.3, -0.25) is 4.68 Å². The number of nitrogens with zero attached hydrogens (tertiary/aromatic N) is 2. The molecular formula is C15H23F3N4O. The van der Waals surface area contributed by atoms with Gasteiger partial charge in [0.25, 0.3) is 0 Å². The van der Waals surface area contributed by atoms with Crippen LogP contribution in [0.15, 0.2) is 6.20 Å². The fraction of sp³-hybridized carbons (Fsp3) is 0.733. The van der Waals surface area contributed by atoms with Crippen molar-refractivity contribution in [2.24, 2.45) is 13.0 Å². The third kappa shape index (κ3) is 4.39. The van der Waals surface area contributed by atoms with Gasteiger partial charge in [-0.1, -0.05) is 12.8 Å². The Kier molecular flexibility index (Phi) is 5.21. The van der Waals surface area contributed by atoms with Crippen LogP contribution in [0.2, 0.25) is 0 Å². The Bertz CT molecular complexity index is 555. The number of urea groups is 1. The van der Waals surface area contributed by atoms with Crippen LogP contribution < -0.4 is 10.6 Å². The average Bonchev–Trinajstić information content (AvgIpc) is 2.77. The van der Waals surface area contributed by atoms with Gasteiger partial charge in [-0.25, -0.2) is 4.79 Å². The van der Waals surface area contributed by atoms with Crippen LogP contribution in [0.4, 0.5) is 18.0 Å². The van der Waals surface area contributed by atoms with Gasteiger partial charge in [0.05, 0.1) is 17.7 Å². The summed E-state index contributed by atoms with van der Waals surface area (Å²) in [4.78, 5) is 12.1. The van der Waals surface area contributed by atoms with E-state index in [-0.39, 0.29) is 12.5 Å². The Hall–Kier alpha value is -1.73. The Balaban J connectivity index is 1.96. The quantitative estimate of drug-likeness (QED) is 0.893. The Morgan fingerprint density at radius 1 is 1.39 bits per heavy atom. The van der Waals surface area contributed by atoms with Gasteiger partial charge in [0.15, 0.2) is 0 Å². The SMILES string of the molecule is Cc1nn(C)cc1C(C)NC(=O)NC1CCCCC1C(F)(F)F. The molecule has 2 rings (SSSR count). The summed E-state index contributed by atoms with van der Waals surface area (Å²) < 4.78 is 40.8. The van der Waals surface area contributed by atoms with Crippen molar-refractivity contribution >= 4 is 6.03 Å². The summed E-state index contributed by atoms with van der Waals surface area (Å²) in [5.74, 6) is -1.46. The Morgan fingerprint density at radius 2 is 2.04 bits per heavy atom. The van der Waals surface area contributed by atoms with Gasteiger partial charge < -0.3 is 10.6 Å². The van der Waals surface area contributed by atoms with Crippen LogP contribution in [0.1, 0.15) is 49.9 Å². The molecule has 0 aromatic carbocycles. The van der Waals surface area contributed by atoms with E-state index in [9.17, 15) is 18.0 Å². The minimum absolute atomic E-state index is 0.0751. The predicted octanol–water partition coefficient (Wildman–Crippen LogP) is 3.21. The molecule has 23 heavy (non-hydrogen) atoms. The van der Waals surface area contributed by atoms with Crippen molar-refractivity contribution in [3.63, 3.8) is 0 Å². The number of hydrogen-bond acceptors (Lipinski definition) is 2.